The van der Waals surface area contributed by atoms with Gasteiger partial charge in [0.05, 0.1) is 0 Å². The van der Waals surface area contributed by atoms with Gasteiger partial charge in [-0.25, -0.2) is 0 Å². The molecule has 0 aliphatic carbocycles. The minimum absolute atomic E-state index is 0. The Kier molecular flexibility index (Phi) is 11.9. The summed E-state index contributed by atoms with van der Waals surface area (Å²) in [6.07, 6.45) is 2.01. The number of thiophene rings is 1. The topological polar surface area (TPSA) is 0 Å². The summed E-state index contributed by atoms with van der Waals surface area (Å²) in [5.41, 5.74) is 0. The second kappa shape index (κ2) is 16.0. The maximum Gasteiger partial charge on any atom is 0.117 e. The molecule has 7 rings (SSSR count). The second-order valence-corrected chi connectivity index (χ2v) is 19.5. The fourth-order valence-corrected chi connectivity index (χ4v) is 17.0. The first-order valence-corrected chi connectivity index (χ1v) is 20.2. The van der Waals surface area contributed by atoms with Crippen LogP contribution in [0.1, 0.15) is 9.75 Å². The highest BCUT2D eigenvalue weighted by Crippen LogP contribution is 2.61. The Balaban J connectivity index is 0.00000217. The molecule has 0 amide bonds. The lowest BCUT2D eigenvalue weighted by atomic mass is 10.3. The maximum absolute atomic E-state index is 2.42. The van der Waals surface area contributed by atoms with Crippen molar-refractivity contribution in [1.29, 1.82) is 0 Å². The van der Waals surface area contributed by atoms with Crippen LogP contribution in [0.15, 0.2) is 194 Å². The molecule has 0 unspecified atom stereocenters. The van der Waals surface area contributed by atoms with E-state index in [2.05, 4.69) is 194 Å². The van der Waals surface area contributed by atoms with Crippen LogP contribution in [-0.4, -0.2) is 0 Å². The van der Waals surface area contributed by atoms with Gasteiger partial charge in [0.25, 0.3) is 0 Å². The van der Waals surface area contributed by atoms with Crippen LogP contribution in [0.2, 0.25) is 0 Å². The van der Waals surface area contributed by atoms with Crippen molar-refractivity contribution in [3.63, 3.8) is 0 Å². The Labute approximate surface area is 297 Å². The monoisotopic (exact) mass is 704 g/mol. The fourth-order valence-electron chi connectivity index (χ4n) is 6.60. The average Bonchev–Trinajstić information content (AvgIpc) is 3.58. The quantitative estimate of drug-likeness (QED) is 0.192. The van der Waals surface area contributed by atoms with Gasteiger partial charge in [0, 0.05) is 9.75 Å². The van der Waals surface area contributed by atoms with Crippen molar-refractivity contribution < 1.29 is 24.8 Å². The molecular weight excluding hydrogens is 669 g/mol. The zero-order valence-corrected chi connectivity index (χ0v) is 30.1. The molecule has 1 aromatic heterocycles. The molecule has 47 heavy (non-hydrogen) atoms. The van der Waals surface area contributed by atoms with Crippen LogP contribution < -0.4 is 56.6 Å². The van der Waals surface area contributed by atoms with Crippen molar-refractivity contribution in [2.75, 3.05) is 0 Å². The van der Waals surface area contributed by atoms with Gasteiger partial charge in [-0.05, 0) is 84.9 Å². The molecule has 0 radical (unpaired) electrons. The van der Waals surface area contributed by atoms with E-state index in [0.717, 1.165) is 12.3 Å². The second-order valence-electron chi connectivity index (χ2n) is 11.3. The van der Waals surface area contributed by atoms with E-state index in [1.807, 2.05) is 11.3 Å². The van der Waals surface area contributed by atoms with Crippen LogP contribution in [0.4, 0.5) is 0 Å². The van der Waals surface area contributed by atoms with Gasteiger partial charge in [0.15, 0.2) is 0 Å². The molecule has 0 aliphatic heterocycles. The molecule has 6 aromatic carbocycles. The molecule has 234 valence electrons. The van der Waals surface area contributed by atoms with Crippen LogP contribution >= 0.6 is 25.9 Å². The number of hydrogen-bond acceptors (Lipinski definition) is 1. The van der Waals surface area contributed by atoms with Gasteiger partial charge in [0.2, 0.25) is 0 Å². The lowest BCUT2D eigenvalue weighted by Crippen LogP contribution is -3.00. The molecule has 0 nitrogen and oxygen atoms in total. The van der Waals surface area contributed by atoms with Crippen molar-refractivity contribution >= 4 is 57.7 Å². The van der Waals surface area contributed by atoms with E-state index in [1.165, 1.54) is 41.6 Å². The molecule has 0 aliphatic rings. The van der Waals surface area contributed by atoms with Gasteiger partial charge >= 0.3 is 0 Å². The van der Waals surface area contributed by atoms with Crippen molar-refractivity contribution in [2.45, 2.75) is 12.3 Å². The molecule has 0 atom stereocenters. The van der Waals surface area contributed by atoms with Crippen molar-refractivity contribution in [3.8, 4) is 0 Å². The summed E-state index contributed by atoms with van der Waals surface area (Å²) in [7, 11) is -3.94. The summed E-state index contributed by atoms with van der Waals surface area (Å²) < 4.78 is 0. The van der Waals surface area contributed by atoms with Crippen molar-refractivity contribution in [3.05, 3.63) is 204 Å². The van der Waals surface area contributed by atoms with Crippen LogP contribution in [0.5, 0.6) is 0 Å². The zero-order chi connectivity index (χ0) is 30.4. The normalized spacial score (nSPS) is 11.2. The number of benzene rings is 6. The highest BCUT2D eigenvalue weighted by atomic mass is 35.5. The van der Waals surface area contributed by atoms with E-state index >= 15 is 0 Å². The van der Waals surface area contributed by atoms with E-state index in [4.69, 9.17) is 0 Å². The van der Waals surface area contributed by atoms with E-state index in [0.29, 0.717) is 0 Å². The van der Waals surface area contributed by atoms with Gasteiger partial charge in [-0.15, -0.1) is 11.3 Å². The van der Waals surface area contributed by atoms with Crippen molar-refractivity contribution in [1.82, 2.24) is 0 Å². The first kappa shape index (κ1) is 34.8. The smallest absolute Gasteiger partial charge is 0.117 e. The average molecular weight is 706 g/mol. The summed E-state index contributed by atoms with van der Waals surface area (Å²) in [6, 6.07) is 72.2. The third kappa shape index (κ3) is 7.03. The summed E-state index contributed by atoms with van der Waals surface area (Å²) in [6.45, 7) is 0. The van der Waals surface area contributed by atoms with Gasteiger partial charge in [-0.3, -0.25) is 0 Å². The predicted molar refractivity (Wildman–Crippen MR) is 202 cm³/mol. The summed E-state index contributed by atoms with van der Waals surface area (Å²) in [4.78, 5) is 2.89. The van der Waals surface area contributed by atoms with Gasteiger partial charge < -0.3 is 24.8 Å². The molecule has 5 heteroatoms. The van der Waals surface area contributed by atoms with Crippen LogP contribution in [0.3, 0.4) is 0 Å². The zero-order valence-electron chi connectivity index (χ0n) is 25.9. The highest BCUT2D eigenvalue weighted by Gasteiger charge is 2.48. The SMILES string of the molecule is [Cl-].[Cl-].c1ccc([P+](Cc2ccc(C[P+](c3ccccc3)(c3ccccc3)c3ccccc3)s2)(c2ccccc2)c2ccccc2)cc1. The first-order valence-electron chi connectivity index (χ1n) is 15.5. The Bertz CT molecular complexity index is 1600. The number of hydrogen-bond donors (Lipinski definition) is 0. The lowest BCUT2D eigenvalue weighted by Gasteiger charge is -2.28. The van der Waals surface area contributed by atoms with Gasteiger partial charge in [-0.1, -0.05) is 109 Å². The summed E-state index contributed by atoms with van der Waals surface area (Å²) in [5.74, 6) is 0. The Morgan fingerprint density at radius 1 is 0.277 bits per heavy atom. The van der Waals surface area contributed by atoms with E-state index in [9.17, 15) is 0 Å². The Hall–Kier alpha value is -3.54. The molecule has 1 heterocycles. The Morgan fingerprint density at radius 3 is 0.660 bits per heavy atom. The largest absolute Gasteiger partial charge is 1.00 e. The molecular formula is C42H36Cl2P2S. The van der Waals surface area contributed by atoms with Crippen LogP contribution in [-0.2, 0) is 12.3 Å². The molecule has 7 aromatic rings. The van der Waals surface area contributed by atoms with E-state index < -0.39 is 14.5 Å². The first-order chi connectivity index (χ1) is 22.3. The Morgan fingerprint density at radius 2 is 0.468 bits per heavy atom. The number of rotatable bonds is 10. The molecule has 0 N–H and O–H groups in total. The third-order valence-corrected chi connectivity index (χ3v) is 18.9. The number of halogens is 2. The molecule has 0 saturated carbocycles. The minimum Gasteiger partial charge on any atom is -1.00 e. The van der Waals surface area contributed by atoms with E-state index in [1.54, 1.807) is 0 Å². The van der Waals surface area contributed by atoms with Gasteiger partial charge in [0.1, 0.15) is 58.7 Å². The summed E-state index contributed by atoms with van der Waals surface area (Å²) >= 11 is 2.01. The van der Waals surface area contributed by atoms with Crippen LogP contribution in [0.25, 0.3) is 0 Å². The maximum atomic E-state index is 2.42. The van der Waals surface area contributed by atoms with Crippen LogP contribution in [0, 0.1) is 0 Å². The lowest BCUT2D eigenvalue weighted by molar-refractivity contribution is -0.001000. The van der Waals surface area contributed by atoms with Crippen molar-refractivity contribution in [2.24, 2.45) is 0 Å². The predicted octanol–water partition coefficient (Wildman–Crippen LogP) is 2.74. The standard InChI is InChI=1S/C42H36P2S.2ClH/c1-7-19-35(20-8-1)43(36-21-9-2-10-22-36,37-23-11-3-12-24-37)33-41-31-32-42(45-41)34-44(38-25-13-4-14-26-38,39-27-15-5-16-28-39)40-29-17-6-18-30-40;;/h1-32H,33-34H2;2*1H/q+2;;/p-2. The molecule has 0 fully saturated rings. The summed E-state index contributed by atoms with van der Waals surface area (Å²) in [5, 5.41) is 8.57. The van der Waals surface area contributed by atoms with Gasteiger partial charge in [-0.2, -0.15) is 0 Å². The van der Waals surface area contributed by atoms with E-state index in [-0.39, 0.29) is 24.8 Å². The minimum atomic E-state index is -1.97. The molecule has 0 spiro atoms. The molecule has 0 saturated heterocycles. The fraction of sp³-hybridized carbons (Fsp3) is 0.0476. The third-order valence-electron chi connectivity index (χ3n) is 8.69. The highest BCUT2D eigenvalue weighted by molar-refractivity contribution is 7.95. The molecule has 0 bridgehead atoms.